The van der Waals surface area contributed by atoms with Gasteiger partial charge in [-0.25, -0.2) is 4.79 Å². The van der Waals surface area contributed by atoms with Gasteiger partial charge in [-0.2, -0.15) is 22.0 Å². The van der Waals surface area contributed by atoms with Gasteiger partial charge in [0.1, 0.15) is 6.61 Å². The molecule has 0 heterocycles. The van der Waals surface area contributed by atoms with Crippen LogP contribution in [0.1, 0.15) is 0 Å². The molecule has 0 aromatic rings. The van der Waals surface area contributed by atoms with Crippen molar-refractivity contribution in [3.8, 4) is 0 Å². The van der Waals surface area contributed by atoms with E-state index < -0.39 is 24.7 Å². The average Bonchev–Trinajstić information content (AvgIpc) is 2.15. The first-order valence-electron chi connectivity index (χ1n) is 3.99. The van der Waals surface area contributed by atoms with Crippen LogP contribution in [-0.2, 0) is 14.3 Å². The summed E-state index contributed by atoms with van der Waals surface area (Å²) in [5.41, 5.74) is 0. The van der Waals surface area contributed by atoms with Crippen LogP contribution in [0.2, 0.25) is 0 Å². The Hall–Kier alpha value is -0.630. The molecule has 16 heavy (non-hydrogen) atoms. The molecule has 0 saturated carbocycles. The second-order valence-electron chi connectivity index (χ2n) is 2.51. The highest BCUT2D eigenvalue weighted by Gasteiger charge is 2.64. The predicted octanol–water partition coefficient (Wildman–Crippen LogP) is 1.98. The van der Waals surface area contributed by atoms with E-state index >= 15 is 0 Å². The Morgan fingerprint density at radius 3 is 2.06 bits per heavy atom. The maximum Gasteiger partial charge on any atom is 0.465 e. The largest absolute Gasteiger partial charge is 0.465 e. The molecule has 0 aliphatic rings. The number of carbonyl (C=O) groups excluding carboxylic acids is 1. The summed E-state index contributed by atoms with van der Waals surface area (Å²) in [7, 11) is 0. The van der Waals surface area contributed by atoms with Gasteiger partial charge in [0.05, 0.1) is 13.2 Å². The van der Waals surface area contributed by atoms with Crippen LogP contribution in [0.4, 0.5) is 22.0 Å². The summed E-state index contributed by atoms with van der Waals surface area (Å²) in [4.78, 5) is 10.4. The highest BCUT2D eigenvalue weighted by atomic mass is 35.5. The van der Waals surface area contributed by atoms with Gasteiger partial charge in [-0.3, -0.25) is 0 Å². The van der Waals surface area contributed by atoms with Gasteiger partial charge < -0.3 is 9.47 Å². The summed E-state index contributed by atoms with van der Waals surface area (Å²) in [5, 5.41) is 0. The molecule has 0 aromatic carbocycles. The molecule has 0 bridgehead atoms. The maximum atomic E-state index is 12.2. The van der Waals surface area contributed by atoms with Crippen molar-refractivity contribution >= 4 is 17.6 Å². The summed E-state index contributed by atoms with van der Waals surface area (Å²) >= 11 is 5.17. The zero-order valence-corrected chi connectivity index (χ0v) is 8.58. The second kappa shape index (κ2) is 6.19. The number of carbonyl (C=O) groups is 1. The van der Waals surface area contributed by atoms with Gasteiger partial charge in [0, 0.05) is 5.88 Å². The van der Waals surface area contributed by atoms with Crippen molar-refractivity contribution in [2.75, 3.05) is 25.7 Å². The fraction of sp³-hybridized carbons (Fsp3) is 0.857. The quantitative estimate of drug-likeness (QED) is 0.320. The van der Waals surface area contributed by atoms with Gasteiger partial charge in [-0.05, 0) is 0 Å². The van der Waals surface area contributed by atoms with Gasteiger partial charge >= 0.3 is 18.1 Å². The van der Waals surface area contributed by atoms with Crippen LogP contribution in [-0.4, -0.2) is 43.8 Å². The smallest absolute Gasteiger partial charge is 0.459 e. The van der Waals surface area contributed by atoms with Crippen molar-refractivity contribution < 1.29 is 36.2 Å². The highest BCUT2D eigenvalue weighted by molar-refractivity contribution is 6.17. The van der Waals surface area contributed by atoms with Crippen LogP contribution in [0.25, 0.3) is 0 Å². The molecular formula is C7H8ClF5O3. The summed E-state index contributed by atoms with van der Waals surface area (Å²) in [6.07, 6.45) is -5.96. The molecule has 0 N–H and O–H groups in total. The number of alkyl halides is 6. The van der Waals surface area contributed by atoms with E-state index in [0.717, 1.165) is 0 Å². The van der Waals surface area contributed by atoms with Gasteiger partial charge in [0.2, 0.25) is 0 Å². The lowest BCUT2D eigenvalue weighted by molar-refractivity contribution is -0.280. The Kier molecular flexibility index (Phi) is 5.95. The van der Waals surface area contributed by atoms with Crippen molar-refractivity contribution in [1.29, 1.82) is 0 Å². The molecular weight excluding hydrogens is 263 g/mol. The Morgan fingerprint density at radius 2 is 1.62 bits per heavy atom. The Labute approximate surface area is 92.4 Å². The topological polar surface area (TPSA) is 35.5 Å². The Morgan fingerprint density at radius 1 is 1.06 bits per heavy atom. The van der Waals surface area contributed by atoms with Gasteiger partial charge in [-0.15, -0.1) is 11.6 Å². The van der Waals surface area contributed by atoms with E-state index in [1.165, 1.54) is 0 Å². The van der Waals surface area contributed by atoms with Crippen molar-refractivity contribution in [3.63, 3.8) is 0 Å². The van der Waals surface area contributed by atoms with E-state index in [1.807, 2.05) is 0 Å². The summed E-state index contributed by atoms with van der Waals surface area (Å²) in [5.74, 6) is -8.01. The lowest BCUT2D eigenvalue weighted by Crippen LogP contribution is -2.45. The molecule has 3 nitrogen and oxygen atoms in total. The number of ether oxygens (including phenoxy) is 2. The first-order chi connectivity index (χ1) is 7.23. The van der Waals surface area contributed by atoms with E-state index in [-0.39, 0.29) is 19.1 Å². The molecule has 0 unspecified atom stereocenters. The molecule has 9 heteroatoms. The highest BCUT2D eigenvalue weighted by Crippen LogP contribution is 2.36. The Bertz CT molecular complexity index is 231. The first kappa shape index (κ1) is 15.4. The molecule has 0 aromatic heterocycles. The number of rotatable bonds is 6. The summed E-state index contributed by atoms with van der Waals surface area (Å²) in [6, 6.07) is 0. The van der Waals surface area contributed by atoms with E-state index in [2.05, 4.69) is 9.47 Å². The minimum atomic E-state index is -5.96. The monoisotopic (exact) mass is 270 g/mol. The van der Waals surface area contributed by atoms with Crippen molar-refractivity contribution in [1.82, 2.24) is 0 Å². The van der Waals surface area contributed by atoms with E-state index in [0.29, 0.717) is 0 Å². The number of halogens is 6. The number of hydrogen-bond donors (Lipinski definition) is 0. The Balaban J connectivity index is 3.98. The molecule has 0 atom stereocenters. The van der Waals surface area contributed by atoms with Crippen LogP contribution >= 0.6 is 11.6 Å². The second-order valence-corrected chi connectivity index (χ2v) is 2.89. The van der Waals surface area contributed by atoms with Gasteiger partial charge in [0.15, 0.2) is 0 Å². The first-order valence-corrected chi connectivity index (χ1v) is 4.52. The average molecular weight is 271 g/mol. The molecule has 0 radical (unpaired) electrons. The summed E-state index contributed by atoms with van der Waals surface area (Å²) in [6.45, 7) is -0.914. The molecule has 0 aliphatic carbocycles. The third-order valence-electron chi connectivity index (χ3n) is 1.29. The van der Waals surface area contributed by atoms with Crippen LogP contribution in [0, 0.1) is 0 Å². The summed E-state index contributed by atoms with van der Waals surface area (Å²) < 4.78 is 67.6. The predicted molar refractivity (Wildman–Crippen MR) is 43.5 cm³/mol. The van der Waals surface area contributed by atoms with Crippen LogP contribution < -0.4 is 0 Å². The fourth-order valence-corrected chi connectivity index (χ4v) is 0.665. The fourth-order valence-electron chi connectivity index (χ4n) is 0.556. The zero-order chi connectivity index (χ0) is 12.8. The molecule has 0 aliphatic heterocycles. The molecule has 0 spiro atoms. The lowest BCUT2D eigenvalue weighted by atomic mass is 10.3. The van der Waals surface area contributed by atoms with E-state index in [9.17, 15) is 26.7 Å². The molecule has 0 rings (SSSR count). The molecule has 0 amide bonds. The van der Waals surface area contributed by atoms with Gasteiger partial charge in [-0.1, -0.05) is 0 Å². The SMILES string of the molecule is O=C(OCCOCCCl)C(F)(F)C(F)(F)F. The molecule has 96 valence electrons. The van der Waals surface area contributed by atoms with Crippen molar-refractivity contribution in [3.05, 3.63) is 0 Å². The third-order valence-corrected chi connectivity index (χ3v) is 1.45. The lowest BCUT2D eigenvalue weighted by Gasteiger charge is -2.17. The minimum absolute atomic E-state index is 0.0781. The van der Waals surface area contributed by atoms with Crippen molar-refractivity contribution in [2.24, 2.45) is 0 Å². The number of hydrogen-bond acceptors (Lipinski definition) is 3. The minimum Gasteiger partial charge on any atom is -0.459 e. The van der Waals surface area contributed by atoms with Crippen LogP contribution in [0.5, 0.6) is 0 Å². The third kappa shape index (κ3) is 4.48. The standard InChI is InChI=1S/C7H8ClF5O3/c8-1-2-15-3-4-16-5(14)6(9,10)7(11,12)13/h1-4H2. The number of esters is 1. The van der Waals surface area contributed by atoms with Crippen molar-refractivity contribution in [2.45, 2.75) is 12.1 Å². The molecule has 0 fully saturated rings. The van der Waals surface area contributed by atoms with E-state index in [1.54, 1.807) is 0 Å². The van der Waals surface area contributed by atoms with Crippen LogP contribution in [0.15, 0.2) is 0 Å². The normalized spacial score (nSPS) is 12.6. The van der Waals surface area contributed by atoms with E-state index in [4.69, 9.17) is 11.6 Å². The maximum absolute atomic E-state index is 12.2. The zero-order valence-electron chi connectivity index (χ0n) is 7.82. The van der Waals surface area contributed by atoms with Gasteiger partial charge in [0.25, 0.3) is 0 Å². The van der Waals surface area contributed by atoms with Crippen LogP contribution in [0.3, 0.4) is 0 Å². The molecule has 0 saturated heterocycles.